The Bertz CT molecular complexity index is 277. The third-order valence-electron chi connectivity index (χ3n) is 2.13. The number of rotatable bonds is 8. The van der Waals surface area contributed by atoms with Gasteiger partial charge in [-0.3, -0.25) is 0 Å². The quantitative estimate of drug-likeness (QED) is 0.560. The van der Waals surface area contributed by atoms with Crippen molar-refractivity contribution in [1.29, 1.82) is 0 Å². The molecule has 1 rings (SSSR count). The van der Waals surface area contributed by atoms with Gasteiger partial charge in [0.2, 0.25) is 0 Å². The van der Waals surface area contributed by atoms with Crippen molar-refractivity contribution < 1.29 is 9.47 Å². The Morgan fingerprint density at radius 2 is 1.94 bits per heavy atom. The Hall–Kier alpha value is -0.770. The summed E-state index contributed by atoms with van der Waals surface area (Å²) in [6, 6.07) is 8.01. The van der Waals surface area contributed by atoms with Gasteiger partial charge in [-0.2, -0.15) is 0 Å². The van der Waals surface area contributed by atoms with Crippen LogP contribution in [-0.2, 0) is 11.3 Å². The Balaban J connectivity index is 2.12. The van der Waals surface area contributed by atoms with E-state index in [2.05, 4.69) is 5.32 Å². The maximum absolute atomic E-state index is 5.48. The van der Waals surface area contributed by atoms with Crippen LogP contribution in [0.4, 0.5) is 0 Å². The first-order valence-corrected chi connectivity index (χ1v) is 5.87. The van der Waals surface area contributed by atoms with Crippen molar-refractivity contribution in [3.63, 3.8) is 0 Å². The van der Waals surface area contributed by atoms with Crippen molar-refractivity contribution in [2.24, 2.45) is 0 Å². The number of ether oxygens (including phenoxy) is 2. The maximum Gasteiger partial charge on any atom is 0.118 e. The Kier molecular flexibility index (Phi) is 6.97. The molecule has 0 spiro atoms. The normalized spacial score (nSPS) is 10.4. The second kappa shape index (κ2) is 8.39. The van der Waals surface area contributed by atoms with Gasteiger partial charge >= 0.3 is 0 Å². The fourth-order valence-electron chi connectivity index (χ4n) is 1.28. The first-order valence-electron chi connectivity index (χ1n) is 5.34. The van der Waals surface area contributed by atoms with E-state index in [0.717, 1.165) is 18.8 Å². The minimum Gasteiger partial charge on any atom is -0.497 e. The van der Waals surface area contributed by atoms with Crippen molar-refractivity contribution >= 4 is 11.6 Å². The molecule has 0 unspecified atom stereocenters. The molecule has 0 bridgehead atoms. The molecule has 3 nitrogen and oxygen atoms in total. The Morgan fingerprint density at radius 1 is 1.19 bits per heavy atom. The first kappa shape index (κ1) is 13.3. The molecule has 4 heteroatoms. The highest BCUT2D eigenvalue weighted by atomic mass is 35.5. The van der Waals surface area contributed by atoms with Crippen molar-refractivity contribution in [1.82, 2.24) is 5.32 Å². The van der Waals surface area contributed by atoms with Crippen molar-refractivity contribution in [2.45, 2.75) is 6.54 Å². The molecule has 0 aromatic heterocycles. The Labute approximate surface area is 102 Å². The predicted octanol–water partition coefficient (Wildman–Crippen LogP) is 2.04. The molecule has 0 atom stereocenters. The molecule has 0 radical (unpaired) electrons. The standard InChI is InChI=1S/C12H18ClNO2/c1-15-12-4-2-11(3-5-12)10-14-7-9-16-8-6-13/h2-5,14H,6-10H2,1H3. The summed E-state index contributed by atoms with van der Waals surface area (Å²) in [6.45, 7) is 2.99. The van der Waals surface area contributed by atoms with Crippen molar-refractivity contribution in [2.75, 3.05) is 32.7 Å². The SMILES string of the molecule is COc1ccc(CNCCOCCCl)cc1. The van der Waals surface area contributed by atoms with Crippen LogP contribution in [-0.4, -0.2) is 32.7 Å². The molecule has 1 aromatic carbocycles. The summed E-state index contributed by atoms with van der Waals surface area (Å²) >= 11 is 5.48. The van der Waals surface area contributed by atoms with E-state index in [1.54, 1.807) is 7.11 Å². The molecule has 0 aliphatic carbocycles. The zero-order chi connectivity index (χ0) is 11.6. The number of hydrogen-bond acceptors (Lipinski definition) is 3. The summed E-state index contributed by atoms with van der Waals surface area (Å²) in [5.74, 6) is 1.44. The predicted molar refractivity (Wildman–Crippen MR) is 66.2 cm³/mol. The van der Waals surface area contributed by atoms with E-state index in [9.17, 15) is 0 Å². The molecular formula is C12H18ClNO2. The monoisotopic (exact) mass is 243 g/mol. The second-order valence-electron chi connectivity index (χ2n) is 3.33. The fraction of sp³-hybridized carbons (Fsp3) is 0.500. The van der Waals surface area contributed by atoms with Gasteiger partial charge < -0.3 is 14.8 Å². The molecular weight excluding hydrogens is 226 g/mol. The van der Waals surface area contributed by atoms with Gasteiger partial charge in [0.1, 0.15) is 5.75 Å². The highest BCUT2D eigenvalue weighted by Crippen LogP contribution is 2.10. The number of methoxy groups -OCH3 is 1. The number of nitrogens with one attached hydrogen (secondary N) is 1. The second-order valence-corrected chi connectivity index (χ2v) is 3.70. The molecule has 0 saturated carbocycles. The third kappa shape index (κ3) is 5.35. The molecule has 0 heterocycles. The summed E-state index contributed by atoms with van der Waals surface area (Å²) < 4.78 is 10.3. The van der Waals surface area contributed by atoms with E-state index < -0.39 is 0 Å². The summed E-state index contributed by atoms with van der Waals surface area (Å²) in [4.78, 5) is 0. The van der Waals surface area contributed by atoms with E-state index in [1.165, 1.54) is 5.56 Å². The smallest absolute Gasteiger partial charge is 0.118 e. The zero-order valence-electron chi connectivity index (χ0n) is 9.54. The molecule has 1 aromatic rings. The molecule has 0 fully saturated rings. The topological polar surface area (TPSA) is 30.5 Å². The summed E-state index contributed by atoms with van der Waals surface area (Å²) in [5, 5.41) is 3.29. The van der Waals surface area contributed by atoms with Gasteiger partial charge in [0.25, 0.3) is 0 Å². The van der Waals surface area contributed by atoms with Gasteiger partial charge in [-0.15, -0.1) is 11.6 Å². The Morgan fingerprint density at radius 3 is 2.56 bits per heavy atom. The lowest BCUT2D eigenvalue weighted by atomic mass is 10.2. The van der Waals surface area contributed by atoms with Gasteiger partial charge in [0.15, 0.2) is 0 Å². The lowest BCUT2D eigenvalue weighted by Gasteiger charge is -2.06. The molecule has 0 saturated heterocycles. The van der Waals surface area contributed by atoms with E-state index in [4.69, 9.17) is 21.1 Å². The first-order chi connectivity index (χ1) is 7.86. The van der Waals surface area contributed by atoms with Crippen LogP contribution < -0.4 is 10.1 Å². The number of alkyl halides is 1. The lowest BCUT2D eigenvalue weighted by molar-refractivity contribution is 0.151. The van der Waals surface area contributed by atoms with Gasteiger partial charge in [0.05, 0.1) is 20.3 Å². The molecule has 0 amide bonds. The number of benzene rings is 1. The lowest BCUT2D eigenvalue weighted by Crippen LogP contribution is -2.19. The average molecular weight is 244 g/mol. The zero-order valence-corrected chi connectivity index (χ0v) is 10.3. The van der Waals surface area contributed by atoms with Crippen molar-refractivity contribution in [3.8, 4) is 5.75 Å². The van der Waals surface area contributed by atoms with Crippen LogP contribution in [0.15, 0.2) is 24.3 Å². The van der Waals surface area contributed by atoms with E-state index in [-0.39, 0.29) is 0 Å². The maximum atomic E-state index is 5.48. The van der Waals surface area contributed by atoms with E-state index in [1.807, 2.05) is 24.3 Å². The number of halogens is 1. The van der Waals surface area contributed by atoms with Crippen LogP contribution in [0.5, 0.6) is 5.75 Å². The van der Waals surface area contributed by atoms with Gasteiger partial charge in [-0.25, -0.2) is 0 Å². The summed E-state index contributed by atoms with van der Waals surface area (Å²) in [6.07, 6.45) is 0. The molecule has 1 N–H and O–H groups in total. The minimum atomic E-state index is 0.554. The van der Waals surface area contributed by atoms with Gasteiger partial charge in [0, 0.05) is 19.0 Å². The highest BCUT2D eigenvalue weighted by Gasteiger charge is 1.94. The number of hydrogen-bond donors (Lipinski definition) is 1. The molecule has 90 valence electrons. The van der Waals surface area contributed by atoms with Gasteiger partial charge in [-0.1, -0.05) is 12.1 Å². The van der Waals surface area contributed by atoms with Crippen LogP contribution in [0.1, 0.15) is 5.56 Å². The average Bonchev–Trinajstić information content (AvgIpc) is 2.34. The summed E-state index contributed by atoms with van der Waals surface area (Å²) in [7, 11) is 1.67. The van der Waals surface area contributed by atoms with Crippen LogP contribution in [0, 0.1) is 0 Å². The van der Waals surface area contributed by atoms with Crippen LogP contribution in [0.3, 0.4) is 0 Å². The summed E-state index contributed by atoms with van der Waals surface area (Å²) in [5.41, 5.74) is 1.23. The third-order valence-corrected chi connectivity index (χ3v) is 2.29. The van der Waals surface area contributed by atoms with Crippen LogP contribution in [0.2, 0.25) is 0 Å². The van der Waals surface area contributed by atoms with E-state index >= 15 is 0 Å². The molecule has 16 heavy (non-hydrogen) atoms. The minimum absolute atomic E-state index is 0.554. The van der Waals surface area contributed by atoms with Crippen LogP contribution >= 0.6 is 11.6 Å². The highest BCUT2D eigenvalue weighted by molar-refractivity contribution is 6.17. The largest absolute Gasteiger partial charge is 0.497 e. The molecule has 0 aliphatic rings. The fourth-order valence-corrected chi connectivity index (χ4v) is 1.39. The van der Waals surface area contributed by atoms with E-state index in [0.29, 0.717) is 19.1 Å². The van der Waals surface area contributed by atoms with Crippen molar-refractivity contribution in [3.05, 3.63) is 29.8 Å². The van der Waals surface area contributed by atoms with Gasteiger partial charge in [-0.05, 0) is 17.7 Å². The van der Waals surface area contributed by atoms with Crippen LogP contribution in [0.25, 0.3) is 0 Å². The molecule has 0 aliphatic heterocycles.